The Bertz CT molecular complexity index is 574. The van der Waals surface area contributed by atoms with Crippen molar-refractivity contribution in [2.24, 2.45) is 0 Å². The van der Waals surface area contributed by atoms with Crippen molar-refractivity contribution < 1.29 is 19.4 Å². The van der Waals surface area contributed by atoms with Gasteiger partial charge >= 0.3 is 5.97 Å². The molecule has 0 saturated heterocycles. The molecule has 1 atom stereocenters. The summed E-state index contributed by atoms with van der Waals surface area (Å²) >= 11 is 0. The number of aliphatic hydroxyl groups is 1. The van der Waals surface area contributed by atoms with Crippen molar-refractivity contribution in [3.63, 3.8) is 0 Å². The highest BCUT2D eigenvalue weighted by Crippen LogP contribution is 2.17. The van der Waals surface area contributed by atoms with Crippen molar-refractivity contribution in [1.29, 1.82) is 0 Å². The van der Waals surface area contributed by atoms with Gasteiger partial charge in [0.2, 0.25) is 0 Å². The van der Waals surface area contributed by atoms with Gasteiger partial charge in [-0.05, 0) is 37.1 Å². The zero-order valence-corrected chi connectivity index (χ0v) is 14.3. The molecule has 1 unspecified atom stereocenters. The second kappa shape index (κ2) is 10.9. The second-order valence-electron chi connectivity index (χ2n) is 5.60. The van der Waals surface area contributed by atoms with Gasteiger partial charge in [0.15, 0.2) is 0 Å². The molecule has 2 rings (SSSR count). The molecule has 0 radical (unpaired) electrons. The Kier molecular flexibility index (Phi) is 9.15. The van der Waals surface area contributed by atoms with E-state index in [1.165, 1.54) is 0 Å². The summed E-state index contributed by atoms with van der Waals surface area (Å²) in [6.45, 7) is 1.90. The maximum atomic E-state index is 10.6. The quantitative estimate of drug-likeness (QED) is 0.639. The Morgan fingerprint density at radius 2 is 1.88 bits per heavy atom. The molecule has 0 spiro atoms. The molecular weight excluding hydrogens is 330 g/mol. The molecule has 0 saturated carbocycles. The van der Waals surface area contributed by atoms with Gasteiger partial charge in [-0.3, -0.25) is 9.69 Å². The number of nitrogens with zero attached hydrogens (tertiary/aromatic N) is 1. The Labute approximate surface area is 148 Å². The van der Waals surface area contributed by atoms with Crippen LogP contribution in [0.4, 0.5) is 0 Å². The number of benzene rings is 1. The van der Waals surface area contributed by atoms with Crippen LogP contribution in [0.25, 0.3) is 0 Å². The zero-order valence-electron chi connectivity index (χ0n) is 13.5. The fourth-order valence-corrected chi connectivity index (χ4v) is 2.50. The van der Waals surface area contributed by atoms with Crippen LogP contribution < -0.4 is 0 Å². The van der Waals surface area contributed by atoms with Crippen molar-refractivity contribution in [3.8, 4) is 0 Å². The van der Waals surface area contributed by atoms with Crippen LogP contribution in [-0.4, -0.2) is 34.2 Å². The fourth-order valence-electron chi connectivity index (χ4n) is 2.50. The van der Waals surface area contributed by atoms with Crippen LogP contribution in [0.15, 0.2) is 53.1 Å². The number of aliphatic carboxylic acids is 1. The molecular formula is C18H24ClNO4. The molecule has 132 valence electrons. The SMILES string of the molecule is Cl.O=C(O)CCCCN(Cc1ccccc1)CC(O)c1ccco1. The first kappa shape index (κ1) is 20.2. The molecule has 0 aliphatic rings. The molecule has 1 aromatic carbocycles. The van der Waals surface area contributed by atoms with Crippen molar-refractivity contribution in [2.45, 2.75) is 31.9 Å². The first-order valence-electron chi connectivity index (χ1n) is 7.84. The van der Waals surface area contributed by atoms with E-state index < -0.39 is 12.1 Å². The standard InChI is InChI=1S/C18H23NO4.ClH/c20-16(17-9-6-12-23-17)14-19(11-5-4-10-18(21)22)13-15-7-2-1-3-8-15;/h1-3,6-9,12,16,20H,4-5,10-11,13-14H2,(H,21,22);1H. The molecule has 0 aliphatic carbocycles. The minimum Gasteiger partial charge on any atom is -0.481 e. The lowest BCUT2D eigenvalue weighted by molar-refractivity contribution is -0.137. The third-order valence-electron chi connectivity index (χ3n) is 3.67. The van der Waals surface area contributed by atoms with Gasteiger partial charge in [-0.25, -0.2) is 0 Å². The first-order valence-corrected chi connectivity index (χ1v) is 7.84. The predicted molar refractivity (Wildman–Crippen MR) is 94.1 cm³/mol. The van der Waals surface area contributed by atoms with Crippen LogP contribution in [-0.2, 0) is 11.3 Å². The van der Waals surface area contributed by atoms with Crippen LogP contribution >= 0.6 is 12.4 Å². The number of carbonyl (C=O) groups is 1. The van der Waals surface area contributed by atoms with Gasteiger partial charge < -0.3 is 14.6 Å². The maximum absolute atomic E-state index is 10.6. The lowest BCUT2D eigenvalue weighted by atomic mass is 10.1. The Morgan fingerprint density at radius 3 is 2.50 bits per heavy atom. The average molecular weight is 354 g/mol. The van der Waals surface area contributed by atoms with E-state index in [-0.39, 0.29) is 18.8 Å². The van der Waals surface area contributed by atoms with E-state index in [2.05, 4.69) is 4.90 Å². The topological polar surface area (TPSA) is 73.9 Å². The van der Waals surface area contributed by atoms with Crippen LogP contribution in [0.5, 0.6) is 0 Å². The third kappa shape index (κ3) is 7.17. The van der Waals surface area contributed by atoms with Crippen molar-refractivity contribution in [3.05, 3.63) is 60.1 Å². The summed E-state index contributed by atoms with van der Waals surface area (Å²) in [6.07, 6.45) is 2.46. The molecule has 24 heavy (non-hydrogen) atoms. The number of halogens is 1. The minimum absolute atomic E-state index is 0. The fraction of sp³-hybridized carbons (Fsp3) is 0.389. The van der Waals surface area contributed by atoms with Gasteiger partial charge in [0.25, 0.3) is 0 Å². The van der Waals surface area contributed by atoms with E-state index in [1.807, 2.05) is 30.3 Å². The monoisotopic (exact) mass is 353 g/mol. The summed E-state index contributed by atoms with van der Waals surface area (Å²) in [5.41, 5.74) is 1.16. The predicted octanol–water partition coefficient (Wildman–Crippen LogP) is 3.49. The number of hydrogen-bond donors (Lipinski definition) is 2. The Hall–Kier alpha value is -1.82. The van der Waals surface area contributed by atoms with Gasteiger partial charge in [-0.15, -0.1) is 12.4 Å². The van der Waals surface area contributed by atoms with Crippen molar-refractivity contribution >= 4 is 18.4 Å². The number of rotatable bonds is 10. The Balaban J connectivity index is 0.00000288. The summed E-state index contributed by atoms with van der Waals surface area (Å²) in [5, 5.41) is 19.0. The van der Waals surface area contributed by atoms with E-state index >= 15 is 0 Å². The van der Waals surface area contributed by atoms with Crippen LogP contribution in [0, 0.1) is 0 Å². The van der Waals surface area contributed by atoms with Crippen molar-refractivity contribution in [1.82, 2.24) is 4.90 Å². The third-order valence-corrected chi connectivity index (χ3v) is 3.67. The number of unbranched alkanes of at least 4 members (excludes halogenated alkanes) is 1. The van der Waals surface area contributed by atoms with E-state index in [0.717, 1.165) is 18.5 Å². The lowest BCUT2D eigenvalue weighted by Gasteiger charge is -2.24. The summed E-state index contributed by atoms with van der Waals surface area (Å²) in [5.74, 6) is -0.219. The van der Waals surface area contributed by atoms with Crippen LogP contribution in [0.1, 0.15) is 36.7 Å². The number of carboxylic acid groups (broad SMARTS) is 1. The molecule has 0 bridgehead atoms. The van der Waals surface area contributed by atoms with E-state index in [4.69, 9.17) is 9.52 Å². The lowest BCUT2D eigenvalue weighted by Crippen LogP contribution is -2.29. The van der Waals surface area contributed by atoms with Crippen LogP contribution in [0.3, 0.4) is 0 Å². The highest BCUT2D eigenvalue weighted by atomic mass is 35.5. The maximum Gasteiger partial charge on any atom is 0.303 e. The molecule has 6 heteroatoms. The van der Waals surface area contributed by atoms with E-state index in [9.17, 15) is 9.90 Å². The van der Waals surface area contributed by atoms with Crippen molar-refractivity contribution in [2.75, 3.05) is 13.1 Å². The molecule has 2 N–H and O–H groups in total. The Morgan fingerprint density at radius 1 is 1.12 bits per heavy atom. The summed E-state index contributed by atoms with van der Waals surface area (Å²) in [4.78, 5) is 12.7. The van der Waals surface area contributed by atoms with Gasteiger partial charge in [0.1, 0.15) is 11.9 Å². The van der Waals surface area contributed by atoms with Crippen LogP contribution in [0.2, 0.25) is 0 Å². The number of aliphatic hydroxyl groups excluding tert-OH is 1. The zero-order chi connectivity index (χ0) is 16.5. The van der Waals surface area contributed by atoms with E-state index in [0.29, 0.717) is 25.3 Å². The van der Waals surface area contributed by atoms with Gasteiger partial charge in [-0.2, -0.15) is 0 Å². The largest absolute Gasteiger partial charge is 0.481 e. The normalized spacial score (nSPS) is 11.9. The number of carboxylic acids is 1. The summed E-state index contributed by atoms with van der Waals surface area (Å²) in [7, 11) is 0. The first-order chi connectivity index (χ1) is 11.1. The highest BCUT2D eigenvalue weighted by molar-refractivity contribution is 5.85. The second-order valence-corrected chi connectivity index (χ2v) is 5.60. The molecule has 0 aliphatic heterocycles. The molecule has 5 nitrogen and oxygen atoms in total. The highest BCUT2D eigenvalue weighted by Gasteiger charge is 2.16. The summed E-state index contributed by atoms with van der Waals surface area (Å²) in [6, 6.07) is 13.6. The molecule has 1 aromatic heterocycles. The van der Waals surface area contributed by atoms with Gasteiger partial charge in [0, 0.05) is 19.5 Å². The number of hydrogen-bond acceptors (Lipinski definition) is 4. The average Bonchev–Trinajstić information content (AvgIpc) is 3.06. The summed E-state index contributed by atoms with van der Waals surface area (Å²) < 4.78 is 5.25. The van der Waals surface area contributed by atoms with Gasteiger partial charge in [-0.1, -0.05) is 30.3 Å². The molecule has 0 fully saturated rings. The minimum atomic E-state index is -0.768. The van der Waals surface area contributed by atoms with E-state index in [1.54, 1.807) is 18.4 Å². The number of furan rings is 1. The molecule has 0 amide bonds. The smallest absolute Gasteiger partial charge is 0.303 e. The molecule has 2 aromatic rings. The molecule has 1 heterocycles. The van der Waals surface area contributed by atoms with Gasteiger partial charge in [0.05, 0.1) is 6.26 Å².